The topological polar surface area (TPSA) is 75.8 Å². The molecule has 0 saturated carbocycles. The van der Waals surface area contributed by atoms with E-state index in [0.717, 1.165) is 0 Å². The Morgan fingerprint density at radius 2 is 1.67 bits per heavy atom. The molecule has 1 aliphatic rings. The van der Waals surface area contributed by atoms with Crippen LogP contribution in [0.3, 0.4) is 0 Å². The van der Waals surface area contributed by atoms with Gasteiger partial charge in [-0.3, -0.25) is 19.8 Å². The van der Waals surface area contributed by atoms with E-state index in [1.165, 1.54) is 34.9 Å². The summed E-state index contributed by atoms with van der Waals surface area (Å²) in [6, 6.07) is 22.6. The number of rotatable bonds is 4. The Kier molecular flexibility index (Phi) is 5.65. The van der Waals surface area contributed by atoms with Gasteiger partial charge in [0.25, 0.3) is 11.6 Å². The number of nitro groups is 1. The Hall–Kier alpha value is -3.42. The van der Waals surface area contributed by atoms with E-state index in [1.807, 2.05) is 60.7 Å². The zero-order chi connectivity index (χ0) is 21.1. The normalized spacial score (nSPS) is 16.4. The van der Waals surface area contributed by atoms with Crippen molar-refractivity contribution in [1.29, 1.82) is 0 Å². The molecule has 30 heavy (non-hydrogen) atoms. The standard InChI is InChI=1S/C22H14ClN3O3S/c23-19-12-11-18(26(28)29)13-15(19)14-20-21(27)25(17-9-5-2-6-10-17)22(30-20)24-16-7-3-1-4-8-16/h1-14H. The van der Waals surface area contributed by atoms with Crippen molar-refractivity contribution in [2.24, 2.45) is 4.99 Å². The summed E-state index contributed by atoms with van der Waals surface area (Å²) in [7, 11) is 0. The van der Waals surface area contributed by atoms with E-state index in [9.17, 15) is 14.9 Å². The molecule has 0 atom stereocenters. The molecule has 6 nitrogen and oxygen atoms in total. The van der Waals surface area contributed by atoms with Crippen molar-refractivity contribution < 1.29 is 9.72 Å². The van der Waals surface area contributed by atoms with Crippen molar-refractivity contribution in [3.05, 3.63) is 104 Å². The second-order valence-corrected chi connectivity index (χ2v) is 7.70. The molecule has 1 aliphatic heterocycles. The molecule has 1 fully saturated rings. The molecule has 1 amide bonds. The molecule has 0 radical (unpaired) electrons. The monoisotopic (exact) mass is 435 g/mol. The van der Waals surface area contributed by atoms with Gasteiger partial charge in [-0.1, -0.05) is 48.0 Å². The van der Waals surface area contributed by atoms with Crippen LogP contribution in [0.4, 0.5) is 17.1 Å². The van der Waals surface area contributed by atoms with Crippen molar-refractivity contribution in [3.8, 4) is 0 Å². The summed E-state index contributed by atoms with van der Waals surface area (Å²) in [6.07, 6.45) is 1.56. The van der Waals surface area contributed by atoms with Crippen molar-refractivity contribution in [2.75, 3.05) is 4.90 Å². The highest BCUT2D eigenvalue weighted by Crippen LogP contribution is 2.38. The number of non-ortho nitro benzene ring substituents is 1. The fraction of sp³-hybridized carbons (Fsp3) is 0. The summed E-state index contributed by atoms with van der Waals surface area (Å²) >= 11 is 7.41. The van der Waals surface area contributed by atoms with Crippen molar-refractivity contribution in [1.82, 2.24) is 0 Å². The molecule has 0 bridgehead atoms. The molecule has 4 rings (SSSR count). The number of benzene rings is 3. The molecule has 1 saturated heterocycles. The third kappa shape index (κ3) is 4.12. The lowest BCUT2D eigenvalue weighted by molar-refractivity contribution is -0.384. The van der Waals surface area contributed by atoms with E-state index >= 15 is 0 Å². The van der Waals surface area contributed by atoms with Crippen molar-refractivity contribution in [3.63, 3.8) is 0 Å². The Bertz CT molecular complexity index is 1180. The summed E-state index contributed by atoms with van der Waals surface area (Å²) in [4.78, 5) is 30.3. The number of carbonyl (C=O) groups excluding carboxylic acids is 1. The van der Waals surface area contributed by atoms with E-state index in [1.54, 1.807) is 6.08 Å². The number of thioether (sulfide) groups is 1. The first kappa shape index (κ1) is 19.9. The molecular weight excluding hydrogens is 422 g/mol. The zero-order valence-corrected chi connectivity index (χ0v) is 17.0. The Morgan fingerprint density at radius 3 is 2.33 bits per heavy atom. The van der Waals surface area contributed by atoms with Gasteiger partial charge in [-0.15, -0.1) is 0 Å². The summed E-state index contributed by atoms with van der Waals surface area (Å²) in [5.74, 6) is -0.275. The van der Waals surface area contributed by atoms with Gasteiger partial charge in [0.05, 0.1) is 21.2 Å². The van der Waals surface area contributed by atoms with Gasteiger partial charge in [-0.2, -0.15) is 0 Å². The second kappa shape index (κ2) is 8.52. The molecule has 3 aromatic carbocycles. The van der Waals surface area contributed by atoms with Gasteiger partial charge >= 0.3 is 0 Å². The largest absolute Gasteiger partial charge is 0.271 e. The smallest absolute Gasteiger partial charge is 0.268 e. The maximum Gasteiger partial charge on any atom is 0.271 e. The molecule has 0 unspecified atom stereocenters. The van der Waals surface area contributed by atoms with Gasteiger partial charge in [0.15, 0.2) is 5.17 Å². The predicted octanol–water partition coefficient (Wildman–Crippen LogP) is 6.06. The van der Waals surface area contributed by atoms with Gasteiger partial charge in [-0.25, -0.2) is 4.99 Å². The van der Waals surface area contributed by atoms with Crippen LogP contribution in [-0.2, 0) is 4.79 Å². The molecule has 1 heterocycles. The lowest BCUT2D eigenvalue weighted by atomic mass is 10.2. The van der Waals surface area contributed by atoms with Crippen LogP contribution in [0.15, 0.2) is 88.8 Å². The third-order valence-corrected chi connectivity index (χ3v) is 5.59. The SMILES string of the molecule is O=C1C(=Cc2cc([N+](=O)[O-])ccc2Cl)SC(=Nc2ccccc2)N1c1ccccc1. The lowest BCUT2D eigenvalue weighted by Crippen LogP contribution is -2.28. The van der Waals surface area contributed by atoms with Crippen LogP contribution in [0.1, 0.15) is 5.56 Å². The average Bonchev–Trinajstić information content (AvgIpc) is 3.05. The quantitative estimate of drug-likeness (QED) is 0.283. The number of aliphatic imine (C=N–C) groups is 1. The van der Waals surface area contributed by atoms with Crippen LogP contribution < -0.4 is 4.90 Å². The first-order chi connectivity index (χ1) is 14.5. The van der Waals surface area contributed by atoms with Gasteiger partial charge in [0.2, 0.25) is 0 Å². The number of hydrogen-bond donors (Lipinski definition) is 0. The highest BCUT2D eigenvalue weighted by Gasteiger charge is 2.34. The molecule has 0 N–H and O–H groups in total. The van der Waals surface area contributed by atoms with E-state index in [0.29, 0.717) is 32.0 Å². The highest BCUT2D eigenvalue weighted by molar-refractivity contribution is 8.19. The van der Waals surface area contributed by atoms with Crippen LogP contribution >= 0.6 is 23.4 Å². The minimum atomic E-state index is -0.499. The average molecular weight is 436 g/mol. The minimum Gasteiger partial charge on any atom is -0.268 e. The molecule has 3 aromatic rings. The lowest BCUT2D eigenvalue weighted by Gasteiger charge is -2.15. The van der Waals surface area contributed by atoms with E-state index in [4.69, 9.17) is 11.6 Å². The number of amides is 1. The number of hydrogen-bond acceptors (Lipinski definition) is 5. The third-order valence-electron chi connectivity index (χ3n) is 4.28. The number of nitro benzene ring substituents is 1. The second-order valence-electron chi connectivity index (χ2n) is 6.28. The summed E-state index contributed by atoms with van der Waals surface area (Å²) in [6.45, 7) is 0. The van der Waals surface area contributed by atoms with Gasteiger partial charge in [0, 0.05) is 22.7 Å². The molecule has 0 aliphatic carbocycles. The molecule has 148 valence electrons. The zero-order valence-electron chi connectivity index (χ0n) is 15.4. The summed E-state index contributed by atoms with van der Waals surface area (Å²) in [5, 5.41) is 11.9. The molecule has 0 aromatic heterocycles. The van der Waals surface area contributed by atoms with Crippen LogP contribution in [-0.4, -0.2) is 16.0 Å². The van der Waals surface area contributed by atoms with Crippen LogP contribution in [0.2, 0.25) is 5.02 Å². The maximum atomic E-state index is 13.2. The van der Waals surface area contributed by atoms with E-state index < -0.39 is 4.92 Å². The number of para-hydroxylation sites is 2. The van der Waals surface area contributed by atoms with Crippen LogP contribution in [0.5, 0.6) is 0 Å². The minimum absolute atomic E-state index is 0.0974. The van der Waals surface area contributed by atoms with Gasteiger partial charge in [-0.05, 0) is 48.2 Å². The molecular formula is C22H14ClN3O3S. The first-order valence-electron chi connectivity index (χ1n) is 8.89. The van der Waals surface area contributed by atoms with Crippen molar-refractivity contribution in [2.45, 2.75) is 0 Å². The fourth-order valence-electron chi connectivity index (χ4n) is 2.86. The van der Waals surface area contributed by atoms with Gasteiger partial charge in [0.1, 0.15) is 0 Å². The fourth-order valence-corrected chi connectivity index (χ4v) is 4.03. The van der Waals surface area contributed by atoms with E-state index in [-0.39, 0.29) is 11.6 Å². The predicted molar refractivity (Wildman–Crippen MR) is 121 cm³/mol. The van der Waals surface area contributed by atoms with E-state index in [2.05, 4.69) is 4.99 Å². The van der Waals surface area contributed by atoms with Crippen LogP contribution in [0.25, 0.3) is 6.08 Å². The van der Waals surface area contributed by atoms with Crippen LogP contribution in [0, 0.1) is 10.1 Å². The number of amidine groups is 1. The Morgan fingerprint density at radius 1 is 1.00 bits per heavy atom. The molecule has 0 spiro atoms. The maximum absolute atomic E-state index is 13.2. The summed E-state index contributed by atoms with van der Waals surface area (Å²) in [5.41, 5.74) is 1.69. The number of anilines is 1. The number of nitrogens with zero attached hydrogens (tertiary/aromatic N) is 3. The Balaban J connectivity index is 1.79. The number of halogens is 1. The van der Waals surface area contributed by atoms with Crippen molar-refractivity contribution >= 4 is 57.6 Å². The summed E-state index contributed by atoms with van der Waals surface area (Å²) < 4.78 is 0. The Labute approximate surface area is 181 Å². The first-order valence-corrected chi connectivity index (χ1v) is 10.1. The van der Waals surface area contributed by atoms with Gasteiger partial charge < -0.3 is 0 Å². The molecule has 8 heteroatoms. The highest BCUT2D eigenvalue weighted by atomic mass is 35.5. The number of carbonyl (C=O) groups is 1.